The molecule has 5 aromatic carbocycles. The number of aromatic nitrogens is 4. The first kappa shape index (κ1) is 27.4. The summed E-state index contributed by atoms with van der Waals surface area (Å²) >= 11 is 1.80. The molecule has 0 aliphatic carbocycles. The van der Waals surface area contributed by atoms with E-state index in [0.717, 1.165) is 54.9 Å². The van der Waals surface area contributed by atoms with Gasteiger partial charge < -0.3 is 8.97 Å². The van der Waals surface area contributed by atoms with Gasteiger partial charge in [-0.1, -0.05) is 64.5 Å². The van der Waals surface area contributed by atoms with Crippen LogP contribution in [0.25, 0.3) is 75.1 Å². The minimum Gasteiger partial charge on any atom is -0.340 e. The molecule has 0 spiro atoms. The fourth-order valence-electron chi connectivity index (χ4n) is 6.93. The Kier molecular flexibility index (Phi) is 6.13. The van der Waals surface area contributed by atoms with Crippen molar-refractivity contribution < 1.29 is 24.8 Å². The van der Waals surface area contributed by atoms with Crippen molar-refractivity contribution in [3.8, 4) is 5.69 Å². The van der Waals surface area contributed by atoms with Crippen LogP contribution in [-0.2, 0) is 20.4 Å². The van der Waals surface area contributed by atoms with Crippen LogP contribution in [0, 0.1) is 12.1 Å². The van der Waals surface area contributed by atoms with Crippen molar-refractivity contribution in [1.29, 1.82) is 0 Å². The Morgan fingerprint density at radius 3 is 2.35 bits per heavy atom. The quantitative estimate of drug-likeness (QED) is 0.104. The molecule has 1 unspecified atom stereocenters. The third-order valence-corrected chi connectivity index (χ3v) is 10.1. The molecule has 0 fully saturated rings. The third-order valence-electron chi connectivity index (χ3n) is 8.91. The Morgan fingerprint density at radius 2 is 1.41 bits per heavy atom. The summed E-state index contributed by atoms with van der Waals surface area (Å²) in [5, 5.41) is 7.60. The second kappa shape index (κ2) is 10.3. The molecule has 0 N–H and O–H groups in total. The number of alkyl halides is 1. The fourth-order valence-corrected chi connectivity index (χ4v) is 8.19. The summed E-state index contributed by atoms with van der Waals surface area (Å²) in [5.74, 6) is 0. The van der Waals surface area contributed by atoms with Crippen LogP contribution in [0.15, 0.2) is 122 Å². The molecule has 0 saturated heterocycles. The summed E-state index contributed by atoms with van der Waals surface area (Å²) in [5.41, 5.74) is 5.31. The number of hydrogen-bond donors (Lipinski definition) is 0. The van der Waals surface area contributed by atoms with Gasteiger partial charge in [-0.15, -0.1) is 41.2 Å². The molecule has 1 atom stereocenters. The average Bonchev–Trinajstić information content (AvgIpc) is 3.82. The number of benzene rings is 5. The van der Waals surface area contributed by atoms with E-state index in [-0.39, 0.29) is 20.4 Å². The van der Waals surface area contributed by atoms with Crippen molar-refractivity contribution in [1.82, 2.24) is 18.9 Å². The van der Waals surface area contributed by atoms with E-state index in [1.165, 1.54) is 20.2 Å². The summed E-state index contributed by atoms with van der Waals surface area (Å²) in [6.07, 6.45) is 4.10. The summed E-state index contributed by atoms with van der Waals surface area (Å²) < 4.78 is 23.1. The molecule has 5 aromatic heterocycles. The van der Waals surface area contributed by atoms with Crippen molar-refractivity contribution >= 4 is 80.8 Å². The first-order valence-electron chi connectivity index (χ1n) is 14.8. The maximum atomic E-state index is 16.5. The minimum atomic E-state index is -1.42. The standard InChI is InChI=1S/C39H21FN4S.Pd/c40-36(24-14-15-26-27-9-1-3-12-32(27)43-20-19-42-38(43)31(26)22-24)23-7-5-8-25(21-23)44-33-17-16-29-28-10-2-4-13-34(28)45-37(29)35(33)30-11-6-18-41-39(30)44;/h1-20,36H;/q-2;+2. The van der Waals surface area contributed by atoms with E-state index in [0.29, 0.717) is 11.1 Å². The van der Waals surface area contributed by atoms with Gasteiger partial charge in [0.15, 0.2) is 0 Å². The average molecular weight is 703 g/mol. The van der Waals surface area contributed by atoms with Crippen molar-refractivity contribution in [2.24, 2.45) is 0 Å². The maximum absolute atomic E-state index is 16.5. The first-order chi connectivity index (χ1) is 22.2. The predicted molar refractivity (Wildman–Crippen MR) is 182 cm³/mol. The molecule has 0 aliphatic rings. The molecule has 0 bridgehead atoms. The molecule has 10 rings (SSSR count). The van der Waals surface area contributed by atoms with Gasteiger partial charge in [-0.3, -0.25) is 4.98 Å². The van der Waals surface area contributed by atoms with Crippen LogP contribution in [0.5, 0.6) is 0 Å². The molecule has 0 saturated carbocycles. The number of hydrogen-bond acceptors (Lipinski definition) is 3. The van der Waals surface area contributed by atoms with Crippen LogP contribution in [0.1, 0.15) is 17.3 Å². The van der Waals surface area contributed by atoms with Gasteiger partial charge in [0, 0.05) is 55.1 Å². The fraction of sp³-hybridized carbons (Fsp3) is 0.0256. The molecule has 0 radical (unpaired) electrons. The number of thiophene rings is 1. The number of nitrogens with zero attached hydrogens (tertiary/aromatic N) is 4. The van der Waals surface area contributed by atoms with Gasteiger partial charge in [0.25, 0.3) is 0 Å². The van der Waals surface area contributed by atoms with Crippen LogP contribution < -0.4 is 0 Å². The van der Waals surface area contributed by atoms with Crippen LogP contribution in [0.3, 0.4) is 0 Å². The summed E-state index contributed by atoms with van der Waals surface area (Å²) in [6, 6.07) is 41.5. The van der Waals surface area contributed by atoms with E-state index in [2.05, 4.69) is 76.3 Å². The Labute approximate surface area is 280 Å². The molecule has 5 heterocycles. The van der Waals surface area contributed by atoms with Gasteiger partial charge in [-0.2, -0.15) is 18.2 Å². The number of para-hydroxylation sites is 1. The largest absolute Gasteiger partial charge is 2.00 e. The molecule has 10 aromatic rings. The van der Waals surface area contributed by atoms with Gasteiger partial charge in [-0.25, -0.2) is 9.37 Å². The van der Waals surface area contributed by atoms with Gasteiger partial charge in [-0.05, 0) is 35.7 Å². The van der Waals surface area contributed by atoms with Crippen molar-refractivity contribution in [2.75, 3.05) is 0 Å². The molecule has 7 heteroatoms. The summed E-state index contributed by atoms with van der Waals surface area (Å²) in [7, 11) is 0. The van der Waals surface area contributed by atoms with E-state index in [1.807, 2.05) is 59.3 Å². The number of halogens is 1. The van der Waals surface area contributed by atoms with Crippen molar-refractivity contribution in [3.05, 3.63) is 145 Å². The van der Waals surface area contributed by atoms with E-state index in [4.69, 9.17) is 4.98 Å². The number of rotatable bonds is 3. The normalized spacial score (nSPS) is 12.6. The summed E-state index contributed by atoms with van der Waals surface area (Å²) in [4.78, 5) is 9.41. The van der Waals surface area contributed by atoms with Gasteiger partial charge in [0.05, 0.1) is 11.2 Å². The molecule has 220 valence electrons. The zero-order valence-electron chi connectivity index (χ0n) is 24.0. The van der Waals surface area contributed by atoms with Gasteiger partial charge >= 0.3 is 20.4 Å². The van der Waals surface area contributed by atoms with E-state index in [1.54, 1.807) is 23.6 Å². The van der Waals surface area contributed by atoms with Crippen LogP contribution in [0.4, 0.5) is 4.39 Å². The van der Waals surface area contributed by atoms with Gasteiger partial charge in [0.2, 0.25) is 0 Å². The second-order valence-electron chi connectivity index (χ2n) is 11.3. The number of pyridine rings is 2. The van der Waals surface area contributed by atoms with Crippen LogP contribution in [-0.4, -0.2) is 18.9 Å². The van der Waals surface area contributed by atoms with Crippen molar-refractivity contribution in [2.45, 2.75) is 6.17 Å². The zero-order chi connectivity index (χ0) is 29.6. The van der Waals surface area contributed by atoms with E-state index >= 15 is 4.39 Å². The molecule has 4 nitrogen and oxygen atoms in total. The molecular formula is C39H21FN4PdS. The molecule has 46 heavy (non-hydrogen) atoms. The second-order valence-corrected chi connectivity index (χ2v) is 12.4. The SMILES string of the molecule is FC(c1[c-]c(-n2c3ccc4c5ccccc5sc4c3c3cccnc32)ccc1)c1[c-]c2c(cc1)c1ccccc1n1ccnc21.[Pd+2]. The van der Waals surface area contributed by atoms with Crippen molar-refractivity contribution in [3.63, 3.8) is 0 Å². The molecular weight excluding hydrogens is 682 g/mol. The van der Waals surface area contributed by atoms with Crippen LogP contribution >= 0.6 is 11.3 Å². The maximum Gasteiger partial charge on any atom is 2.00 e. The molecule has 0 amide bonds. The number of imidazole rings is 1. The third kappa shape index (κ3) is 3.80. The Hall–Kier alpha value is -4.93. The number of fused-ring (bicyclic) bond motifs is 13. The van der Waals surface area contributed by atoms with Gasteiger partial charge in [0.1, 0.15) is 11.8 Å². The van der Waals surface area contributed by atoms with E-state index in [9.17, 15) is 0 Å². The minimum absolute atomic E-state index is 0. The zero-order valence-corrected chi connectivity index (χ0v) is 26.4. The predicted octanol–water partition coefficient (Wildman–Crippen LogP) is 10.2. The Morgan fingerprint density at radius 1 is 0.630 bits per heavy atom. The van der Waals surface area contributed by atoms with E-state index < -0.39 is 6.17 Å². The Bertz CT molecular complexity index is 2810. The molecule has 0 aliphatic heterocycles. The summed E-state index contributed by atoms with van der Waals surface area (Å²) in [6.45, 7) is 0. The topological polar surface area (TPSA) is 35.1 Å². The first-order valence-corrected chi connectivity index (χ1v) is 15.6. The Balaban J connectivity index is 0.00000292. The monoisotopic (exact) mass is 702 g/mol. The smallest absolute Gasteiger partial charge is 0.340 e. The van der Waals surface area contributed by atoms with Crippen LogP contribution in [0.2, 0.25) is 0 Å².